The van der Waals surface area contributed by atoms with Gasteiger partial charge in [-0.25, -0.2) is 0 Å². The van der Waals surface area contributed by atoms with Gasteiger partial charge in [-0.3, -0.25) is 9.89 Å². The van der Waals surface area contributed by atoms with Crippen LogP contribution in [0, 0.1) is 11.8 Å². The van der Waals surface area contributed by atoms with Crippen LogP contribution < -0.4 is 10.1 Å². The van der Waals surface area contributed by atoms with Gasteiger partial charge in [-0.05, 0) is 24.3 Å². The summed E-state index contributed by atoms with van der Waals surface area (Å²) in [6.07, 6.45) is 1.50. The highest BCUT2D eigenvalue weighted by atomic mass is 16.5. The second kappa shape index (κ2) is 6.41. The smallest absolute Gasteiger partial charge is 0.273 e. The van der Waals surface area contributed by atoms with Crippen LogP contribution in [0.5, 0.6) is 5.75 Å². The summed E-state index contributed by atoms with van der Waals surface area (Å²) >= 11 is 0. The van der Waals surface area contributed by atoms with E-state index in [4.69, 9.17) is 9.84 Å². The maximum absolute atomic E-state index is 12.0. The van der Waals surface area contributed by atoms with E-state index < -0.39 is 0 Å². The fourth-order valence-electron chi connectivity index (χ4n) is 1.60. The average Bonchev–Trinajstić information content (AvgIpc) is 2.99. The number of nitrogens with one attached hydrogen (secondary N) is 2. The van der Waals surface area contributed by atoms with Crippen molar-refractivity contribution in [1.29, 1.82) is 0 Å². The lowest BCUT2D eigenvalue weighted by Gasteiger charge is -2.09. The third kappa shape index (κ3) is 3.16. The van der Waals surface area contributed by atoms with Gasteiger partial charge in [0.15, 0.2) is 0 Å². The van der Waals surface area contributed by atoms with E-state index in [2.05, 4.69) is 27.4 Å². The van der Waals surface area contributed by atoms with Crippen LogP contribution in [-0.4, -0.2) is 34.9 Å². The molecule has 6 heteroatoms. The van der Waals surface area contributed by atoms with E-state index in [1.54, 1.807) is 24.3 Å². The van der Waals surface area contributed by atoms with Crippen LogP contribution in [0.3, 0.4) is 0 Å². The fraction of sp³-hybridized carbons (Fsp3) is 0.143. The van der Waals surface area contributed by atoms with Gasteiger partial charge in [-0.15, -0.1) is 0 Å². The van der Waals surface area contributed by atoms with Gasteiger partial charge < -0.3 is 15.2 Å². The number of ether oxygens (including phenoxy) is 1. The molecule has 102 valence electrons. The summed E-state index contributed by atoms with van der Waals surface area (Å²) in [7, 11) is 1.51. The van der Waals surface area contributed by atoms with Crippen molar-refractivity contribution in [3.05, 3.63) is 41.7 Å². The van der Waals surface area contributed by atoms with Gasteiger partial charge in [-0.2, -0.15) is 5.10 Å². The molecule has 0 radical (unpaired) electrons. The van der Waals surface area contributed by atoms with Crippen LogP contribution in [0.1, 0.15) is 16.1 Å². The first kappa shape index (κ1) is 13.6. The van der Waals surface area contributed by atoms with Crippen LogP contribution in [0.4, 0.5) is 5.69 Å². The highest BCUT2D eigenvalue weighted by Crippen LogP contribution is 2.25. The Labute approximate surface area is 115 Å². The number of carbonyl (C=O) groups is 1. The number of aromatic nitrogens is 2. The van der Waals surface area contributed by atoms with Crippen molar-refractivity contribution in [1.82, 2.24) is 10.2 Å². The fourth-order valence-corrected chi connectivity index (χ4v) is 1.60. The Morgan fingerprint density at radius 1 is 1.50 bits per heavy atom. The molecule has 0 aliphatic rings. The standard InChI is InChI=1S/C14H13N3O3/c1-20-13-5-4-10(3-2-8-18)9-12(13)16-14(19)11-6-7-15-17-11/h4-7,9,18H,8H2,1H3,(H,15,17)(H,16,19). The van der Waals surface area contributed by atoms with Crippen molar-refractivity contribution < 1.29 is 14.6 Å². The summed E-state index contributed by atoms with van der Waals surface area (Å²) in [4.78, 5) is 12.0. The number of anilines is 1. The third-order valence-corrected chi connectivity index (χ3v) is 2.50. The monoisotopic (exact) mass is 271 g/mol. The second-order valence-electron chi connectivity index (χ2n) is 3.80. The predicted molar refractivity (Wildman–Crippen MR) is 73.5 cm³/mol. The summed E-state index contributed by atoms with van der Waals surface area (Å²) in [5, 5.41) is 17.7. The zero-order valence-electron chi connectivity index (χ0n) is 10.8. The van der Waals surface area contributed by atoms with Gasteiger partial charge >= 0.3 is 0 Å². The summed E-state index contributed by atoms with van der Waals surface area (Å²) in [6, 6.07) is 6.68. The molecule has 1 amide bonds. The third-order valence-electron chi connectivity index (χ3n) is 2.50. The SMILES string of the molecule is COc1ccc(C#CCO)cc1NC(=O)c1ccn[nH]1. The lowest BCUT2D eigenvalue weighted by Crippen LogP contribution is -2.13. The van der Waals surface area contributed by atoms with E-state index in [9.17, 15) is 4.79 Å². The molecule has 1 heterocycles. The van der Waals surface area contributed by atoms with Gasteiger partial charge in [0.25, 0.3) is 5.91 Å². The van der Waals surface area contributed by atoms with E-state index >= 15 is 0 Å². The van der Waals surface area contributed by atoms with Crippen molar-refractivity contribution in [2.24, 2.45) is 0 Å². The Balaban J connectivity index is 2.26. The molecule has 2 aromatic rings. The summed E-state index contributed by atoms with van der Waals surface area (Å²) in [5.41, 5.74) is 1.51. The Morgan fingerprint density at radius 2 is 2.35 bits per heavy atom. The Morgan fingerprint density at radius 3 is 3.00 bits per heavy atom. The van der Waals surface area contributed by atoms with Gasteiger partial charge in [0.05, 0.1) is 12.8 Å². The van der Waals surface area contributed by atoms with Gasteiger partial charge in [0.2, 0.25) is 0 Å². The van der Waals surface area contributed by atoms with Gasteiger partial charge in [0.1, 0.15) is 18.1 Å². The highest BCUT2D eigenvalue weighted by Gasteiger charge is 2.11. The molecule has 0 saturated heterocycles. The summed E-state index contributed by atoms with van der Waals surface area (Å²) < 4.78 is 5.18. The second-order valence-corrected chi connectivity index (χ2v) is 3.80. The molecule has 0 bridgehead atoms. The Kier molecular flexibility index (Phi) is 4.37. The molecule has 0 saturated carbocycles. The number of rotatable bonds is 3. The summed E-state index contributed by atoms with van der Waals surface area (Å²) in [5.74, 6) is 5.51. The highest BCUT2D eigenvalue weighted by molar-refractivity contribution is 6.03. The van der Waals surface area contributed by atoms with Crippen molar-refractivity contribution in [2.45, 2.75) is 0 Å². The molecular weight excluding hydrogens is 258 g/mol. The maximum atomic E-state index is 12.0. The molecule has 0 aliphatic heterocycles. The van der Waals surface area contributed by atoms with Crippen LogP contribution in [0.2, 0.25) is 0 Å². The quantitative estimate of drug-likeness (QED) is 0.727. The molecule has 1 aromatic carbocycles. The van der Waals surface area contributed by atoms with Gasteiger partial charge in [0, 0.05) is 11.8 Å². The van der Waals surface area contributed by atoms with Crippen LogP contribution in [-0.2, 0) is 0 Å². The average molecular weight is 271 g/mol. The minimum atomic E-state index is -0.326. The molecule has 0 unspecified atom stereocenters. The summed E-state index contributed by atoms with van der Waals surface area (Å²) in [6.45, 7) is -0.220. The van der Waals surface area contributed by atoms with E-state index in [0.29, 0.717) is 22.7 Å². The molecule has 0 aliphatic carbocycles. The molecule has 20 heavy (non-hydrogen) atoms. The minimum absolute atomic E-state index is 0.220. The molecule has 2 rings (SSSR count). The normalized spacial score (nSPS) is 9.50. The number of aromatic amines is 1. The number of methoxy groups -OCH3 is 1. The van der Waals surface area contributed by atoms with E-state index in [1.165, 1.54) is 13.3 Å². The van der Waals surface area contributed by atoms with E-state index in [-0.39, 0.29) is 12.5 Å². The molecule has 0 fully saturated rings. The largest absolute Gasteiger partial charge is 0.495 e. The first-order valence-electron chi connectivity index (χ1n) is 5.83. The number of nitrogens with zero attached hydrogens (tertiary/aromatic N) is 1. The Hall–Kier alpha value is -2.78. The molecular formula is C14H13N3O3. The molecule has 6 nitrogen and oxygen atoms in total. The molecule has 0 atom stereocenters. The van der Waals surface area contributed by atoms with E-state index in [0.717, 1.165) is 0 Å². The number of hydrogen-bond acceptors (Lipinski definition) is 4. The van der Waals surface area contributed by atoms with E-state index in [1.807, 2.05) is 0 Å². The number of hydrogen-bond donors (Lipinski definition) is 3. The van der Waals surface area contributed by atoms with Crippen molar-refractivity contribution >= 4 is 11.6 Å². The van der Waals surface area contributed by atoms with Crippen LogP contribution >= 0.6 is 0 Å². The van der Waals surface area contributed by atoms with Crippen molar-refractivity contribution in [3.63, 3.8) is 0 Å². The lowest BCUT2D eigenvalue weighted by molar-refractivity contribution is 0.102. The maximum Gasteiger partial charge on any atom is 0.273 e. The van der Waals surface area contributed by atoms with Crippen LogP contribution in [0.25, 0.3) is 0 Å². The minimum Gasteiger partial charge on any atom is -0.495 e. The predicted octanol–water partition coefficient (Wildman–Crippen LogP) is 1.01. The van der Waals surface area contributed by atoms with Crippen molar-refractivity contribution in [2.75, 3.05) is 19.0 Å². The zero-order chi connectivity index (χ0) is 14.4. The molecule has 1 aromatic heterocycles. The lowest BCUT2D eigenvalue weighted by atomic mass is 10.2. The first-order chi connectivity index (χ1) is 9.74. The van der Waals surface area contributed by atoms with Crippen molar-refractivity contribution in [3.8, 4) is 17.6 Å². The number of H-pyrrole nitrogens is 1. The Bertz CT molecular complexity index is 654. The number of carbonyl (C=O) groups excluding carboxylic acids is 1. The number of benzene rings is 1. The first-order valence-corrected chi connectivity index (χ1v) is 5.83. The topological polar surface area (TPSA) is 87.2 Å². The van der Waals surface area contributed by atoms with Gasteiger partial charge in [-0.1, -0.05) is 11.8 Å². The molecule has 3 N–H and O–H groups in total. The zero-order valence-corrected chi connectivity index (χ0v) is 10.8. The number of aliphatic hydroxyl groups excluding tert-OH is 1. The number of aliphatic hydroxyl groups is 1. The van der Waals surface area contributed by atoms with Crippen LogP contribution in [0.15, 0.2) is 30.5 Å². The number of amides is 1. The molecule has 0 spiro atoms.